The van der Waals surface area contributed by atoms with Crippen LogP contribution < -0.4 is 29.6 Å². The van der Waals surface area contributed by atoms with Gasteiger partial charge in [0.25, 0.3) is 0 Å². The standard InChI is InChI=1S/C19H40O4S.Na/c1-2-3-4-5-6-7-8-9-10-11-12-13-14-16-19(17-15-18-20)24(21,22)23;/h19-20H,2-18H2,1H3,(H,21,22,23);/q;+1/p-1. The normalized spacial score (nSPS) is 12.8. The van der Waals surface area contributed by atoms with E-state index in [2.05, 4.69) is 6.92 Å². The summed E-state index contributed by atoms with van der Waals surface area (Å²) in [5.41, 5.74) is 0. The Balaban J connectivity index is 0. The van der Waals surface area contributed by atoms with Crippen molar-refractivity contribution in [3.8, 4) is 0 Å². The maximum atomic E-state index is 11.1. The molecule has 0 aromatic carbocycles. The van der Waals surface area contributed by atoms with Gasteiger partial charge in [-0.2, -0.15) is 0 Å². The Hall–Kier alpha value is 0.870. The summed E-state index contributed by atoms with van der Waals surface area (Å²) in [6.07, 6.45) is 17.4. The number of aliphatic hydroxyl groups is 1. The number of unbranched alkanes of at least 4 members (excludes halogenated alkanes) is 12. The topological polar surface area (TPSA) is 77.4 Å². The Morgan fingerprint density at radius 1 is 0.720 bits per heavy atom. The third kappa shape index (κ3) is 19.4. The van der Waals surface area contributed by atoms with Crippen molar-refractivity contribution in [3.05, 3.63) is 0 Å². The van der Waals surface area contributed by atoms with E-state index >= 15 is 0 Å². The molecule has 0 saturated heterocycles. The number of hydrogen-bond acceptors (Lipinski definition) is 4. The number of rotatable bonds is 18. The van der Waals surface area contributed by atoms with E-state index in [4.69, 9.17) is 5.11 Å². The quantitative estimate of drug-likeness (QED) is 0.222. The molecule has 0 heterocycles. The van der Waals surface area contributed by atoms with Gasteiger partial charge in [-0.05, 0) is 19.3 Å². The van der Waals surface area contributed by atoms with Crippen LogP contribution in [0, 0.1) is 0 Å². The van der Waals surface area contributed by atoms with Crippen molar-refractivity contribution in [3.63, 3.8) is 0 Å². The molecule has 1 N–H and O–H groups in total. The molecular weight excluding hydrogens is 347 g/mol. The third-order valence-corrected chi connectivity index (χ3v) is 6.01. The zero-order chi connectivity index (χ0) is 18.1. The van der Waals surface area contributed by atoms with Crippen LogP contribution in [0.3, 0.4) is 0 Å². The molecule has 0 aliphatic carbocycles. The molecule has 6 heteroatoms. The molecule has 1 atom stereocenters. The monoisotopic (exact) mass is 386 g/mol. The smallest absolute Gasteiger partial charge is 0.748 e. The fourth-order valence-electron chi connectivity index (χ4n) is 3.14. The van der Waals surface area contributed by atoms with Gasteiger partial charge in [-0.3, -0.25) is 0 Å². The Morgan fingerprint density at radius 2 is 1.08 bits per heavy atom. The second-order valence-corrected chi connectivity index (χ2v) is 8.66. The number of hydrogen-bond donors (Lipinski definition) is 1. The SMILES string of the molecule is CCCCCCCCCCCCCCCC(CCCO)S(=O)(=O)[O-].[Na+]. The van der Waals surface area contributed by atoms with Crippen LogP contribution in [0.2, 0.25) is 0 Å². The Kier molecular flexibility index (Phi) is 22.0. The summed E-state index contributed by atoms with van der Waals surface area (Å²) in [7, 11) is -4.21. The van der Waals surface area contributed by atoms with Crippen molar-refractivity contribution in [2.45, 2.75) is 115 Å². The predicted molar refractivity (Wildman–Crippen MR) is 100 cm³/mol. The molecule has 25 heavy (non-hydrogen) atoms. The number of aliphatic hydroxyl groups excluding tert-OH is 1. The van der Waals surface area contributed by atoms with Gasteiger partial charge in [0.05, 0.1) is 10.1 Å². The molecule has 146 valence electrons. The molecule has 0 bridgehead atoms. The van der Waals surface area contributed by atoms with Gasteiger partial charge in [0.15, 0.2) is 0 Å². The molecule has 4 nitrogen and oxygen atoms in total. The molecule has 0 aromatic rings. The second-order valence-electron chi connectivity index (χ2n) is 7.01. The van der Waals surface area contributed by atoms with E-state index in [1.807, 2.05) is 0 Å². The van der Waals surface area contributed by atoms with Gasteiger partial charge in [0.2, 0.25) is 0 Å². The molecule has 0 aliphatic heterocycles. The minimum absolute atomic E-state index is 0. The first kappa shape index (κ1) is 28.1. The van der Waals surface area contributed by atoms with Crippen LogP contribution in [0.25, 0.3) is 0 Å². The van der Waals surface area contributed by atoms with Crippen LogP contribution >= 0.6 is 0 Å². The average molecular weight is 387 g/mol. The molecular formula is C19H39NaO4S. The third-order valence-electron chi connectivity index (χ3n) is 4.72. The Bertz CT molecular complexity index is 360. The van der Waals surface area contributed by atoms with E-state index in [9.17, 15) is 13.0 Å². The van der Waals surface area contributed by atoms with E-state index < -0.39 is 15.4 Å². The minimum atomic E-state index is -4.21. The van der Waals surface area contributed by atoms with Crippen LogP contribution in [0.1, 0.15) is 110 Å². The average Bonchev–Trinajstić information content (AvgIpc) is 2.53. The molecule has 0 saturated carbocycles. The summed E-state index contributed by atoms with van der Waals surface area (Å²) in [5.74, 6) is 0. The van der Waals surface area contributed by atoms with Gasteiger partial charge in [-0.1, -0.05) is 90.4 Å². The van der Waals surface area contributed by atoms with Gasteiger partial charge in [-0.25, -0.2) is 8.42 Å². The first-order valence-electron chi connectivity index (χ1n) is 10.1. The maximum absolute atomic E-state index is 11.1. The second kappa shape index (κ2) is 19.6. The summed E-state index contributed by atoms with van der Waals surface area (Å²) in [4.78, 5) is 0. The van der Waals surface area contributed by atoms with Crippen LogP contribution in [-0.2, 0) is 10.1 Å². The fourth-order valence-corrected chi connectivity index (χ4v) is 4.05. The van der Waals surface area contributed by atoms with Crippen molar-refractivity contribution in [1.29, 1.82) is 0 Å². The first-order valence-corrected chi connectivity index (χ1v) is 11.5. The van der Waals surface area contributed by atoms with Gasteiger partial charge >= 0.3 is 29.6 Å². The fraction of sp³-hybridized carbons (Fsp3) is 1.00. The Morgan fingerprint density at radius 3 is 1.44 bits per heavy atom. The van der Waals surface area contributed by atoms with Gasteiger partial charge in [-0.15, -0.1) is 0 Å². The zero-order valence-electron chi connectivity index (χ0n) is 16.7. The Labute approximate surface area is 178 Å². The van der Waals surface area contributed by atoms with Crippen molar-refractivity contribution >= 4 is 10.1 Å². The van der Waals surface area contributed by atoms with Crippen molar-refractivity contribution in [2.75, 3.05) is 6.61 Å². The van der Waals surface area contributed by atoms with Crippen LogP contribution in [0.4, 0.5) is 0 Å². The molecule has 0 spiro atoms. The summed E-state index contributed by atoms with van der Waals surface area (Å²) in [5, 5.41) is 7.96. The maximum Gasteiger partial charge on any atom is 1.00 e. The van der Waals surface area contributed by atoms with Crippen molar-refractivity contribution in [1.82, 2.24) is 0 Å². The molecule has 0 fully saturated rings. The van der Waals surface area contributed by atoms with E-state index in [0.717, 1.165) is 19.3 Å². The van der Waals surface area contributed by atoms with Gasteiger partial charge < -0.3 is 9.66 Å². The summed E-state index contributed by atoms with van der Waals surface area (Å²) in [6.45, 7) is 2.19. The summed E-state index contributed by atoms with van der Waals surface area (Å²) in [6, 6.07) is 0. The molecule has 0 radical (unpaired) electrons. The van der Waals surface area contributed by atoms with Crippen molar-refractivity contribution in [2.24, 2.45) is 0 Å². The van der Waals surface area contributed by atoms with Crippen molar-refractivity contribution < 1.29 is 47.6 Å². The first-order chi connectivity index (χ1) is 11.5. The predicted octanol–water partition coefficient (Wildman–Crippen LogP) is 2.16. The zero-order valence-corrected chi connectivity index (χ0v) is 19.5. The van der Waals surface area contributed by atoms with E-state index in [1.54, 1.807) is 0 Å². The van der Waals surface area contributed by atoms with E-state index in [-0.39, 0.29) is 36.2 Å². The minimum Gasteiger partial charge on any atom is -0.748 e. The molecule has 0 rings (SSSR count). The van der Waals surface area contributed by atoms with Gasteiger partial charge in [0.1, 0.15) is 0 Å². The molecule has 0 amide bonds. The molecule has 0 aromatic heterocycles. The van der Waals surface area contributed by atoms with Crippen LogP contribution in [0.15, 0.2) is 0 Å². The van der Waals surface area contributed by atoms with Crippen LogP contribution in [-0.4, -0.2) is 29.9 Å². The van der Waals surface area contributed by atoms with Gasteiger partial charge in [0, 0.05) is 11.9 Å². The van der Waals surface area contributed by atoms with E-state index in [0.29, 0.717) is 19.3 Å². The molecule has 1 unspecified atom stereocenters. The van der Waals surface area contributed by atoms with E-state index in [1.165, 1.54) is 64.2 Å². The summed E-state index contributed by atoms with van der Waals surface area (Å²) >= 11 is 0. The van der Waals surface area contributed by atoms with Crippen LogP contribution in [0.5, 0.6) is 0 Å². The molecule has 0 aliphatic rings. The largest absolute Gasteiger partial charge is 1.00 e. The summed E-state index contributed by atoms with van der Waals surface area (Å²) < 4.78 is 33.4.